The van der Waals surface area contributed by atoms with E-state index in [9.17, 15) is 44.9 Å². The second-order valence-corrected chi connectivity index (χ2v) is 17.3. The number of hydrogen-bond acceptors (Lipinski definition) is 5. The van der Waals surface area contributed by atoms with E-state index in [2.05, 4.69) is 0 Å². The Morgan fingerprint density at radius 2 is 1.75 bits per heavy atom. The number of carbonyl (C=O) groups is 3. The molecular weight excluding hydrogens is 698 g/mol. The van der Waals surface area contributed by atoms with E-state index < -0.39 is 53.4 Å². The topological polar surface area (TPSA) is 84.0 Å². The van der Waals surface area contributed by atoms with Crippen LogP contribution >= 0.6 is 0 Å². The van der Waals surface area contributed by atoms with Gasteiger partial charge in [-0.2, -0.15) is 22.0 Å². The van der Waals surface area contributed by atoms with Crippen LogP contribution in [0.2, 0.25) is 0 Å². The number of hydrogen-bond donors (Lipinski definition) is 0. The molecule has 51 heavy (non-hydrogen) atoms. The van der Waals surface area contributed by atoms with E-state index in [-0.39, 0.29) is 59.3 Å². The predicted molar refractivity (Wildman–Crippen MR) is 179 cm³/mol. The number of benzene rings is 1. The van der Waals surface area contributed by atoms with Crippen molar-refractivity contribution in [1.82, 2.24) is 9.80 Å². The summed E-state index contributed by atoms with van der Waals surface area (Å²) in [4.78, 5) is 42.2. The van der Waals surface area contributed by atoms with Gasteiger partial charge in [-0.15, -0.1) is 0 Å². The Balaban J connectivity index is 1.11. The van der Waals surface area contributed by atoms with Crippen molar-refractivity contribution < 1.29 is 49.7 Å². The Hall–Kier alpha value is -2.64. The van der Waals surface area contributed by atoms with Gasteiger partial charge in [-0.25, -0.2) is 9.18 Å². The number of piperidine rings is 2. The summed E-state index contributed by atoms with van der Waals surface area (Å²) in [5.41, 5.74) is 1.32. The number of fused-ring (bicyclic) bond motifs is 5. The molecule has 2 unspecified atom stereocenters. The fourth-order valence-corrected chi connectivity index (χ4v) is 11.0. The number of alkyl halides is 6. The van der Waals surface area contributed by atoms with Crippen molar-refractivity contribution >= 4 is 28.6 Å². The lowest BCUT2D eigenvalue weighted by molar-refractivity contribution is -0.284. The van der Waals surface area contributed by atoms with Crippen molar-refractivity contribution in [3.05, 3.63) is 29.3 Å². The Morgan fingerprint density at radius 1 is 1.02 bits per heavy atom. The molecule has 284 valence electrons. The summed E-state index contributed by atoms with van der Waals surface area (Å²) in [6.07, 6.45) is -2.65. The number of Topliss-reactive ketones (excluding diaryl/α,β-unsaturated/α-hetero) is 1. The van der Waals surface area contributed by atoms with Gasteiger partial charge in [0.1, 0.15) is 5.75 Å². The van der Waals surface area contributed by atoms with E-state index >= 15 is 0 Å². The SMILES string of the molecule is C[C@]12CC[C@@H]3c4ccc(OC(=O)N5CCC(N6CCCCC6=O)CC5)cc4C[C@@H](CCCS(=O)CCCC(F)(F)C(F)(F)F)[C@H]3[C@@H]1CC(F)C2=O. The fraction of sp³-hybridized carbons (Fsp3) is 0.757. The minimum Gasteiger partial charge on any atom is -0.410 e. The quantitative estimate of drug-likeness (QED) is 0.229. The van der Waals surface area contributed by atoms with Crippen LogP contribution in [0.15, 0.2) is 18.2 Å². The highest BCUT2D eigenvalue weighted by Crippen LogP contribution is 2.62. The van der Waals surface area contributed by atoms with Gasteiger partial charge in [0, 0.05) is 66.2 Å². The third kappa shape index (κ3) is 7.86. The summed E-state index contributed by atoms with van der Waals surface area (Å²) in [7, 11) is -1.58. The van der Waals surface area contributed by atoms with E-state index in [0.29, 0.717) is 70.2 Å². The number of likely N-dealkylation sites (tertiary alicyclic amines) is 2. The second kappa shape index (κ2) is 15.0. The Labute approximate surface area is 297 Å². The molecule has 0 aromatic heterocycles. The fourth-order valence-electron chi connectivity index (χ4n) is 9.81. The molecule has 2 saturated heterocycles. The summed E-state index contributed by atoms with van der Waals surface area (Å²) in [6.45, 7) is 3.61. The van der Waals surface area contributed by atoms with Gasteiger partial charge in [0.2, 0.25) is 5.91 Å². The standard InChI is InChI=1S/C37H48F6N2O5S/c1-35-14-10-28-27-9-8-26(50-34(48)44-16-11-25(12-17-44)45-15-3-2-7-31(45)46)21-24(27)20-23(32(28)29(35)22-30(38)33(35)47)6-4-18-51(49)19-5-13-36(39,40)37(41,42)43/h8-9,21,23,25,28-30,32H,2-7,10-20,22H2,1H3/t23-,28-,29+,30?,32-,35+,51?/m1/s1. The maximum atomic E-state index is 15.0. The minimum absolute atomic E-state index is 0.0126. The highest BCUT2D eigenvalue weighted by Gasteiger charge is 2.60. The number of amides is 2. The maximum absolute atomic E-state index is 15.0. The minimum atomic E-state index is -5.64. The summed E-state index contributed by atoms with van der Waals surface area (Å²) < 4.78 is 97.6. The van der Waals surface area contributed by atoms with Crippen LogP contribution in [0.4, 0.5) is 31.1 Å². The van der Waals surface area contributed by atoms with Gasteiger partial charge in [0.15, 0.2) is 12.0 Å². The molecule has 7 atom stereocenters. The second-order valence-electron chi connectivity index (χ2n) is 15.6. The van der Waals surface area contributed by atoms with Crippen LogP contribution in [0, 0.1) is 23.2 Å². The summed E-state index contributed by atoms with van der Waals surface area (Å²) in [5.74, 6) is -4.84. The lowest BCUT2D eigenvalue weighted by atomic mass is 9.52. The normalized spacial score (nSPS) is 30.8. The average Bonchev–Trinajstić information content (AvgIpc) is 3.31. The molecule has 0 spiro atoms. The number of ketones is 1. The number of nitrogens with zero attached hydrogens (tertiary/aromatic N) is 2. The van der Waals surface area contributed by atoms with Gasteiger partial charge in [-0.05, 0) is 118 Å². The van der Waals surface area contributed by atoms with Crippen LogP contribution in [0.1, 0.15) is 101 Å². The zero-order valence-electron chi connectivity index (χ0n) is 29.0. The maximum Gasteiger partial charge on any atom is 0.453 e. The molecule has 3 aliphatic carbocycles. The van der Waals surface area contributed by atoms with E-state index in [4.69, 9.17) is 4.74 Å². The first-order valence-corrected chi connectivity index (χ1v) is 19.9. The molecule has 5 aliphatic rings. The zero-order chi connectivity index (χ0) is 36.7. The molecule has 14 heteroatoms. The molecule has 0 N–H and O–H groups in total. The van der Waals surface area contributed by atoms with Crippen molar-refractivity contribution in [2.24, 2.45) is 23.2 Å². The van der Waals surface area contributed by atoms with E-state index in [1.165, 1.54) is 0 Å². The van der Waals surface area contributed by atoms with Gasteiger partial charge in [0.25, 0.3) is 0 Å². The number of halogens is 6. The van der Waals surface area contributed by atoms with Gasteiger partial charge < -0.3 is 14.5 Å². The molecule has 0 radical (unpaired) electrons. The molecule has 1 aromatic carbocycles. The third-order valence-electron chi connectivity index (χ3n) is 12.5. The molecule has 6 rings (SSSR count). The first-order chi connectivity index (χ1) is 24.1. The van der Waals surface area contributed by atoms with Crippen molar-refractivity contribution in [3.8, 4) is 5.75 Å². The summed E-state index contributed by atoms with van der Waals surface area (Å²) >= 11 is 0. The number of rotatable bonds is 10. The van der Waals surface area contributed by atoms with Gasteiger partial charge in [-0.3, -0.25) is 13.8 Å². The Morgan fingerprint density at radius 3 is 2.45 bits per heavy atom. The highest BCUT2D eigenvalue weighted by atomic mass is 32.2. The lowest BCUT2D eigenvalue weighted by Crippen LogP contribution is -2.50. The highest BCUT2D eigenvalue weighted by molar-refractivity contribution is 7.84. The molecule has 2 aliphatic heterocycles. The van der Waals surface area contributed by atoms with E-state index in [1.807, 2.05) is 24.0 Å². The Bertz CT molecular complexity index is 1500. The molecule has 2 saturated carbocycles. The van der Waals surface area contributed by atoms with Gasteiger partial charge >= 0.3 is 18.2 Å². The van der Waals surface area contributed by atoms with E-state index in [0.717, 1.165) is 30.5 Å². The number of carbonyl (C=O) groups excluding carboxylic acids is 3. The van der Waals surface area contributed by atoms with Crippen LogP contribution in [0.3, 0.4) is 0 Å². The molecule has 4 fully saturated rings. The summed E-state index contributed by atoms with van der Waals surface area (Å²) in [6, 6.07) is 5.76. The number of ether oxygens (including phenoxy) is 1. The smallest absolute Gasteiger partial charge is 0.410 e. The van der Waals surface area contributed by atoms with Crippen LogP contribution < -0.4 is 4.74 Å². The third-order valence-corrected chi connectivity index (χ3v) is 14.0. The molecule has 7 nitrogen and oxygen atoms in total. The van der Waals surface area contributed by atoms with Crippen LogP contribution in [-0.4, -0.2) is 87.2 Å². The summed E-state index contributed by atoms with van der Waals surface area (Å²) in [5, 5.41) is 0. The molecule has 2 amide bonds. The monoisotopic (exact) mass is 746 g/mol. The van der Waals surface area contributed by atoms with Crippen LogP contribution in [0.5, 0.6) is 5.75 Å². The van der Waals surface area contributed by atoms with Crippen molar-refractivity contribution in [1.29, 1.82) is 0 Å². The molecule has 2 heterocycles. The largest absolute Gasteiger partial charge is 0.453 e. The zero-order valence-corrected chi connectivity index (χ0v) is 29.9. The van der Waals surface area contributed by atoms with Crippen molar-refractivity contribution in [2.75, 3.05) is 31.1 Å². The first kappa shape index (κ1) is 38.1. The van der Waals surface area contributed by atoms with Crippen LogP contribution in [0.25, 0.3) is 0 Å². The molecule has 0 bridgehead atoms. The van der Waals surface area contributed by atoms with Crippen molar-refractivity contribution in [3.63, 3.8) is 0 Å². The molecule has 1 aromatic rings. The van der Waals surface area contributed by atoms with E-state index in [1.54, 1.807) is 11.0 Å². The molecular formula is C37H48F6N2O5S. The van der Waals surface area contributed by atoms with Gasteiger partial charge in [-0.1, -0.05) is 13.0 Å². The predicted octanol–water partition coefficient (Wildman–Crippen LogP) is 7.77. The average molecular weight is 747 g/mol. The van der Waals surface area contributed by atoms with Crippen molar-refractivity contribution in [2.45, 2.75) is 121 Å². The van der Waals surface area contributed by atoms with Gasteiger partial charge in [0.05, 0.1) is 0 Å². The first-order valence-electron chi connectivity index (χ1n) is 18.5. The van der Waals surface area contributed by atoms with Crippen LogP contribution in [-0.2, 0) is 26.8 Å². The Kier molecular flexibility index (Phi) is 11.2. The lowest BCUT2D eigenvalue weighted by Gasteiger charge is -2.51.